The molecule has 0 aliphatic rings. The first-order valence-corrected chi connectivity index (χ1v) is 10.1. The van der Waals surface area contributed by atoms with Gasteiger partial charge < -0.3 is 16.0 Å². The van der Waals surface area contributed by atoms with Gasteiger partial charge in [0.1, 0.15) is 0 Å². The summed E-state index contributed by atoms with van der Waals surface area (Å²) in [5.41, 5.74) is 1.82. The van der Waals surface area contributed by atoms with Crippen LogP contribution in [0.2, 0.25) is 0 Å². The molecule has 9 heteroatoms. The molecular weight excluding hydrogens is 541 g/mol. The largest absolute Gasteiger partial charge is 0.357 e. The van der Waals surface area contributed by atoms with E-state index in [1.807, 2.05) is 45.0 Å². The van der Waals surface area contributed by atoms with Crippen molar-refractivity contribution in [3.8, 4) is 0 Å². The van der Waals surface area contributed by atoms with E-state index < -0.39 is 0 Å². The molecule has 1 heterocycles. The SMILES string of the molecule is CCNC(=NCc1sc(C)nc1C)NCCC(=O)Nc1ccc(Br)cc1.I. The highest BCUT2D eigenvalue weighted by Gasteiger charge is 2.06. The van der Waals surface area contributed by atoms with Gasteiger partial charge >= 0.3 is 0 Å². The van der Waals surface area contributed by atoms with Gasteiger partial charge in [-0.15, -0.1) is 35.3 Å². The molecule has 0 spiro atoms. The highest BCUT2D eigenvalue weighted by Crippen LogP contribution is 2.17. The molecule has 0 aliphatic carbocycles. The lowest BCUT2D eigenvalue weighted by molar-refractivity contribution is -0.116. The van der Waals surface area contributed by atoms with Crippen molar-refractivity contribution < 1.29 is 4.79 Å². The molecule has 0 aliphatic heterocycles. The smallest absolute Gasteiger partial charge is 0.226 e. The third-order valence-electron chi connectivity index (χ3n) is 3.50. The summed E-state index contributed by atoms with van der Waals surface area (Å²) in [7, 11) is 0. The van der Waals surface area contributed by atoms with E-state index in [0.717, 1.165) is 32.3 Å². The first-order valence-electron chi connectivity index (χ1n) is 8.48. The monoisotopic (exact) mass is 565 g/mol. The van der Waals surface area contributed by atoms with Crippen LogP contribution in [0.4, 0.5) is 5.69 Å². The van der Waals surface area contributed by atoms with Crippen LogP contribution in [0, 0.1) is 13.8 Å². The van der Waals surface area contributed by atoms with Crippen LogP contribution < -0.4 is 16.0 Å². The summed E-state index contributed by atoms with van der Waals surface area (Å²) in [6, 6.07) is 7.51. The number of rotatable bonds is 7. The van der Waals surface area contributed by atoms with Crippen molar-refractivity contribution in [1.29, 1.82) is 0 Å². The average Bonchev–Trinajstić information content (AvgIpc) is 2.92. The molecule has 0 unspecified atom stereocenters. The molecule has 0 bridgehead atoms. The van der Waals surface area contributed by atoms with E-state index in [9.17, 15) is 4.79 Å². The molecule has 148 valence electrons. The van der Waals surface area contributed by atoms with E-state index in [2.05, 4.69) is 41.9 Å². The van der Waals surface area contributed by atoms with Gasteiger partial charge in [0.05, 0.1) is 17.2 Å². The van der Waals surface area contributed by atoms with Crippen molar-refractivity contribution in [2.45, 2.75) is 33.7 Å². The zero-order valence-electron chi connectivity index (χ0n) is 15.6. The zero-order chi connectivity index (χ0) is 18.9. The van der Waals surface area contributed by atoms with Gasteiger partial charge in [-0.1, -0.05) is 15.9 Å². The molecule has 0 fully saturated rings. The third kappa shape index (κ3) is 8.56. The molecule has 1 amide bonds. The van der Waals surface area contributed by atoms with Crippen molar-refractivity contribution in [2.24, 2.45) is 4.99 Å². The minimum absolute atomic E-state index is 0. The number of halogens is 2. The molecule has 0 saturated carbocycles. The Morgan fingerprint density at radius 1 is 1.22 bits per heavy atom. The maximum absolute atomic E-state index is 12.0. The average molecular weight is 566 g/mol. The second-order valence-corrected chi connectivity index (χ2v) is 7.87. The summed E-state index contributed by atoms with van der Waals surface area (Å²) in [6.07, 6.45) is 0.360. The predicted octanol–water partition coefficient (Wildman–Crippen LogP) is 4.22. The standard InChI is InChI=1S/C18H24BrN5OS.HI/c1-4-20-18(22-11-16-12(2)23-13(3)26-16)21-10-9-17(25)24-15-7-5-14(19)6-8-15;/h5-8H,4,9-11H2,1-3H3,(H,24,25)(H2,20,21,22);1H. The number of carbonyl (C=O) groups excluding carboxylic acids is 1. The number of anilines is 1. The van der Waals surface area contributed by atoms with Crippen molar-refractivity contribution in [2.75, 3.05) is 18.4 Å². The fraction of sp³-hybridized carbons (Fsp3) is 0.389. The van der Waals surface area contributed by atoms with Crippen LogP contribution in [-0.2, 0) is 11.3 Å². The Morgan fingerprint density at radius 3 is 2.52 bits per heavy atom. The van der Waals surface area contributed by atoms with Gasteiger partial charge in [0.15, 0.2) is 5.96 Å². The fourth-order valence-corrected chi connectivity index (χ4v) is 3.39. The maximum atomic E-state index is 12.0. The molecule has 27 heavy (non-hydrogen) atoms. The first kappa shape index (κ1) is 23.8. The Balaban J connectivity index is 0.00000364. The summed E-state index contributed by atoms with van der Waals surface area (Å²) in [5.74, 6) is 0.666. The summed E-state index contributed by atoms with van der Waals surface area (Å²) in [4.78, 5) is 22.2. The summed E-state index contributed by atoms with van der Waals surface area (Å²) in [6.45, 7) is 7.86. The molecule has 3 N–H and O–H groups in total. The Bertz CT molecular complexity index is 764. The van der Waals surface area contributed by atoms with E-state index >= 15 is 0 Å². The van der Waals surface area contributed by atoms with E-state index in [4.69, 9.17) is 0 Å². The summed E-state index contributed by atoms with van der Waals surface area (Å²) >= 11 is 5.04. The molecular formula is C18H25BrIN5OS. The Hall–Kier alpha value is -1.20. The molecule has 2 rings (SSSR count). The Labute approximate surface area is 189 Å². The maximum Gasteiger partial charge on any atom is 0.226 e. The zero-order valence-corrected chi connectivity index (χ0v) is 20.4. The van der Waals surface area contributed by atoms with Crippen LogP contribution in [0.25, 0.3) is 0 Å². The molecule has 2 aromatic rings. The van der Waals surface area contributed by atoms with Crippen LogP contribution in [0.3, 0.4) is 0 Å². The summed E-state index contributed by atoms with van der Waals surface area (Å²) < 4.78 is 0.982. The number of aliphatic imine (C=N–C) groups is 1. The van der Waals surface area contributed by atoms with E-state index in [1.165, 1.54) is 0 Å². The highest BCUT2D eigenvalue weighted by molar-refractivity contribution is 14.0. The molecule has 1 aromatic heterocycles. The van der Waals surface area contributed by atoms with Crippen molar-refractivity contribution in [3.63, 3.8) is 0 Å². The van der Waals surface area contributed by atoms with Crippen LogP contribution in [0.15, 0.2) is 33.7 Å². The first-order chi connectivity index (χ1) is 12.5. The molecule has 1 aromatic carbocycles. The van der Waals surface area contributed by atoms with Crippen molar-refractivity contribution in [1.82, 2.24) is 15.6 Å². The molecule has 0 atom stereocenters. The number of thiazole rings is 1. The second kappa shape index (κ2) is 12.3. The quantitative estimate of drug-likeness (QED) is 0.267. The number of amides is 1. The van der Waals surface area contributed by atoms with Crippen LogP contribution in [0.1, 0.15) is 28.9 Å². The third-order valence-corrected chi connectivity index (χ3v) is 5.08. The minimum atomic E-state index is -0.0374. The highest BCUT2D eigenvalue weighted by atomic mass is 127. The number of benzene rings is 1. The number of hydrogen-bond donors (Lipinski definition) is 3. The van der Waals surface area contributed by atoms with Crippen LogP contribution in [-0.4, -0.2) is 29.9 Å². The molecule has 6 nitrogen and oxygen atoms in total. The van der Waals surface area contributed by atoms with Gasteiger partial charge in [-0.05, 0) is 45.0 Å². The van der Waals surface area contributed by atoms with E-state index in [-0.39, 0.29) is 29.9 Å². The predicted molar refractivity (Wildman–Crippen MR) is 127 cm³/mol. The van der Waals surface area contributed by atoms with Crippen LogP contribution >= 0.6 is 51.2 Å². The normalized spacial score (nSPS) is 10.9. The van der Waals surface area contributed by atoms with E-state index in [1.54, 1.807) is 11.3 Å². The van der Waals surface area contributed by atoms with Crippen molar-refractivity contribution in [3.05, 3.63) is 44.3 Å². The van der Waals surface area contributed by atoms with Gasteiger partial charge in [0, 0.05) is 34.5 Å². The molecule has 0 radical (unpaired) electrons. The number of guanidine groups is 1. The van der Waals surface area contributed by atoms with Gasteiger partial charge in [-0.25, -0.2) is 9.98 Å². The second-order valence-electron chi connectivity index (χ2n) is 5.67. The Kier molecular flexibility index (Phi) is 10.9. The lowest BCUT2D eigenvalue weighted by Crippen LogP contribution is -2.38. The Morgan fingerprint density at radius 2 is 1.93 bits per heavy atom. The van der Waals surface area contributed by atoms with Gasteiger partial charge in [0.2, 0.25) is 5.91 Å². The number of nitrogens with zero attached hydrogens (tertiary/aromatic N) is 2. The van der Waals surface area contributed by atoms with Crippen molar-refractivity contribution >= 4 is 68.8 Å². The number of hydrogen-bond acceptors (Lipinski definition) is 4. The lowest BCUT2D eigenvalue weighted by Gasteiger charge is -2.11. The van der Waals surface area contributed by atoms with Gasteiger partial charge in [0.25, 0.3) is 0 Å². The van der Waals surface area contributed by atoms with Crippen LogP contribution in [0.5, 0.6) is 0 Å². The van der Waals surface area contributed by atoms with Gasteiger partial charge in [-0.2, -0.15) is 0 Å². The minimum Gasteiger partial charge on any atom is -0.357 e. The fourth-order valence-electron chi connectivity index (χ4n) is 2.26. The molecule has 0 saturated heterocycles. The number of aromatic nitrogens is 1. The lowest BCUT2D eigenvalue weighted by atomic mass is 10.3. The summed E-state index contributed by atoms with van der Waals surface area (Å²) in [5, 5.41) is 10.3. The van der Waals surface area contributed by atoms with Gasteiger partial charge in [-0.3, -0.25) is 4.79 Å². The van der Waals surface area contributed by atoms with E-state index in [0.29, 0.717) is 25.5 Å². The number of carbonyl (C=O) groups is 1. The number of aryl methyl sites for hydroxylation is 2. The number of nitrogens with one attached hydrogen (secondary N) is 3. The topological polar surface area (TPSA) is 78.4 Å².